The molecule has 0 radical (unpaired) electrons. The van der Waals surface area contributed by atoms with Crippen LogP contribution in [0.2, 0.25) is 0 Å². The van der Waals surface area contributed by atoms with Crippen molar-refractivity contribution in [2.45, 2.75) is 57.1 Å². The van der Waals surface area contributed by atoms with Crippen molar-refractivity contribution < 1.29 is 9.84 Å². The number of rotatable bonds is 7. The van der Waals surface area contributed by atoms with Gasteiger partial charge in [-0.3, -0.25) is 0 Å². The lowest BCUT2D eigenvalue weighted by Crippen LogP contribution is -2.44. The highest BCUT2D eigenvalue weighted by Crippen LogP contribution is 2.32. The maximum atomic E-state index is 9.50. The molecular formula is C17H27NO2. The Balaban J connectivity index is 1.88. The van der Waals surface area contributed by atoms with E-state index in [1.165, 1.54) is 18.4 Å². The summed E-state index contributed by atoms with van der Waals surface area (Å²) >= 11 is 0. The molecule has 3 heteroatoms. The molecule has 0 aliphatic heterocycles. The van der Waals surface area contributed by atoms with Crippen LogP contribution < -0.4 is 10.1 Å². The number of aryl methyl sites for hydroxylation is 1. The number of ether oxygens (including phenoxy) is 1. The Kier molecular flexibility index (Phi) is 5.44. The largest absolute Gasteiger partial charge is 0.490 e. The van der Waals surface area contributed by atoms with Crippen LogP contribution in [0.15, 0.2) is 24.3 Å². The van der Waals surface area contributed by atoms with E-state index in [1.807, 2.05) is 7.05 Å². The van der Waals surface area contributed by atoms with Crippen molar-refractivity contribution in [2.24, 2.45) is 0 Å². The number of aliphatic hydroxyl groups is 1. The van der Waals surface area contributed by atoms with E-state index in [2.05, 4.69) is 36.5 Å². The van der Waals surface area contributed by atoms with Gasteiger partial charge in [0.25, 0.3) is 0 Å². The Morgan fingerprint density at radius 2 is 2.10 bits per heavy atom. The molecule has 2 N–H and O–H groups in total. The molecule has 2 rings (SSSR count). The Morgan fingerprint density at radius 1 is 1.35 bits per heavy atom. The summed E-state index contributed by atoms with van der Waals surface area (Å²) in [6.07, 6.45) is 6.66. The molecule has 20 heavy (non-hydrogen) atoms. The second-order valence-corrected chi connectivity index (χ2v) is 5.92. The predicted molar refractivity (Wildman–Crippen MR) is 82.2 cm³/mol. The van der Waals surface area contributed by atoms with Crippen molar-refractivity contribution in [3.05, 3.63) is 29.8 Å². The highest BCUT2D eigenvalue weighted by atomic mass is 16.5. The SMILES string of the molecule is CCCCc1ccc(OC2CCC(CO)(NC)C2)cc1. The van der Waals surface area contributed by atoms with Crippen LogP contribution >= 0.6 is 0 Å². The minimum absolute atomic E-state index is 0.147. The monoisotopic (exact) mass is 277 g/mol. The summed E-state index contributed by atoms with van der Waals surface area (Å²) in [6.45, 7) is 2.39. The summed E-state index contributed by atoms with van der Waals surface area (Å²) < 4.78 is 6.04. The number of benzene rings is 1. The first-order valence-electron chi connectivity index (χ1n) is 7.77. The van der Waals surface area contributed by atoms with Crippen molar-refractivity contribution >= 4 is 0 Å². The summed E-state index contributed by atoms with van der Waals surface area (Å²) in [5.74, 6) is 0.945. The summed E-state index contributed by atoms with van der Waals surface area (Å²) in [7, 11) is 1.92. The van der Waals surface area contributed by atoms with Crippen LogP contribution in [0.4, 0.5) is 0 Å². The van der Waals surface area contributed by atoms with E-state index in [4.69, 9.17) is 4.74 Å². The normalized spacial score (nSPS) is 25.9. The minimum Gasteiger partial charge on any atom is -0.490 e. The zero-order valence-corrected chi connectivity index (χ0v) is 12.7. The molecule has 2 unspecified atom stereocenters. The van der Waals surface area contributed by atoms with Gasteiger partial charge in [0.1, 0.15) is 11.9 Å². The molecule has 1 aliphatic rings. The van der Waals surface area contributed by atoms with Crippen LogP contribution in [0.3, 0.4) is 0 Å². The van der Waals surface area contributed by atoms with E-state index < -0.39 is 0 Å². The second kappa shape index (κ2) is 7.09. The minimum atomic E-state index is -0.147. The van der Waals surface area contributed by atoms with Gasteiger partial charge in [-0.25, -0.2) is 0 Å². The lowest BCUT2D eigenvalue weighted by Gasteiger charge is -2.26. The fraction of sp³-hybridized carbons (Fsp3) is 0.647. The summed E-state index contributed by atoms with van der Waals surface area (Å²) in [5.41, 5.74) is 1.23. The average molecular weight is 277 g/mol. The van der Waals surface area contributed by atoms with Gasteiger partial charge in [0, 0.05) is 12.0 Å². The number of nitrogens with one attached hydrogen (secondary N) is 1. The third-order valence-corrected chi connectivity index (χ3v) is 4.44. The molecule has 1 aliphatic carbocycles. The molecule has 0 bridgehead atoms. The third kappa shape index (κ3) is 3.74. The van der Waals surface area contributed by atoms with E-state index in [-0.39, 0.29) is 18.2 Å². The number of unbranched alkanes of at least 4 members (excludes halogenated alkanes) is 1. The molecule has 1 fully saturated rings. The van der Waals surface area contributed by atoms with Gasteiger partial charge in [-0.1, -0.05) is 25.5 Å². The standard InChI is InChI=1S/C17H27NO2/c1-3-4-5-14-6-8-15(9-7-14)20-16-10-11-17(12-16,13-19)18-2/h6-9,16,18-19H,3-5,10-13H2,1-2H3. The van der Waals surface area contributed by atoms with Crippen LogP contribution in [0.1, 0.15) is 44.6 Å². The molecule has 1 saturated carbocycles. The molecule has 0 aromatic heterocycles. The van der Waals surface area contributed by atoms with Crippen LogP contribution in [-0.2, 0) is 6.42 Å². The smallest absolute Gasteiger partial charge is 0.119 e. The molecular weight excluding hydrogens is 250 g/mol. The van der Waals surface area contributed by atoms with Crippen LogP contribution in [-0.4, -0.2) is 30.4 Å². The second-order valence-electron chi connectivity index (χ2n) is 5.92. The quantitative estimate of drug-likeness (QED) is 0.805. The van der Waals surface area contributed by atoms with Crippen molar-refractivity contribution in [3.8, 4) is 5.75 Å². The van der Waals surface area contributed by atoms with Crippen LogP contribution in [0.5, 0.6) is 5.75 Å². The van der Waals surface area contributed by atoms with E-state index in [0.717, 1.165) is 31.4 Å². The van der Waals surface area contributed by atoms with Gasteiger partial charge in [0.05, 0.1) is 6.61 Å². The van der Waals surface area contributed by atoms with Crippen LogP contribution in [0.25, 0.3) is 0 Å². The van der Waals surface area contributed by atoms with Gasteiger partial charge in [0.15, 0.2) is 0 Å². The molecule has 2 atom stereocenters. The topological polar surface area (TPSA) is 41.5 Å². The molecule has 1 aromatic rings. The van der Waals surface area contributed by atoms with E-state index >= 15 is 0 Å². The highest BCUT2D eigenvalue weighted by molar-refractivity contribution is 5.27. The average Bonchev–Trinajstić information content (AvgIpc) is 2.90. The summed E-state index contributed by atoms with van der Waals surface area (Å²) in [4.78, 5) is 0. The first-order valence-corrected chi connectivity index (χ1v) is 7.77. The predicted octanol–water partition coefficient (Wildman–Crippen LogP) is 2.91. The Bertz CT molecular complexity index is 398. The lowest BCUT2D eigenvalue weighted by molar-refractivity contribution is 0.146. The summed E-state index contributed by atoms with van der Waals surface area (Å²) in [6, 6.07) is 8.47. The molecule has 0 heterocycles. The van der Waals surface area contributed by atoms with Gasteiger partial charge in [-0.05, 0) is 50.4 Å². The van der Waals surface area contributed by atoms with E-state index in [1.54, 1.807) is 0 Å². The van der Waals surface area contributed by atoms with Gasteiger partial charge < -0.3 is 15.2 Å². The zero-order chi connectivity index (χ0) is 14.4. The molecule has 1 aromatic carbocycles. The van der Waals surface area contributed by atoms with Crippen molar-refractivity contribution in [1.29, 1.82) is 0 Å². The first kappa shape index (κ1) is 15.3. The van der Waals surface area contributed by atoms with Gasteiger partial charge in [-0.2, -0.15) is 0 Å². The maximum Gasteiger partial charge on any atom is 0.119 e. The molecule has 112 valence electrons. The van der Waals surface area contributed by atoms with Gasteiger partial charge >= 0.3 is 0 Å². The first-order chi connectivity index (χ1) is 9.71. The molecule has 3 nitrogen and oxygen atoms in total. The fourth-order valence-electron chi connectivity index (χ4n) is 2.94. The molecule has 0 saturated heterocycles. The highest BCUT2D eigenvalue weighted by Gasteiger charge is 2.38. The lowest BCUT2D eigenvalue weighted by atomic mass is 9.99. The third-order valence-electron chi connectivity index (χ3n) is 4.44. The Labute approximate surface area is 122 Å². The number of aliphatic hydroxyl groups excluding tert-OH is 1. The van der Waals surface area contributed by atoms with Crippen molar-refractivity contribution in [1.82, 2.24) is 5.32 Å². The number of likely N-dealkylation sites (N-methyl/N-ethyl adjacent to an activating group) is 1. The van der Waals surface area contributed by atoms with Gasteiger partial charge in [-0.15, -0.1) is 0 Å². The van der Waals surface area contributed by atoms with Gasteiger partial charge in [0.2, 0.25) is 0 Å². The van der Waals surface area contributed by atoms with Crippen LogP contribution in [0, 0.1) is 0 Å². The van der Waals surface area contributed by atoms with E-state index in [0.29, 0.717) is 0 Å². The molecule has 0 amide bonds. The maximum absolute atomic E-state index is 9.50. The Hall–Kier alpha value is -1.06. The molecule has 0 spiro atoms. The Morgan fingerprint density at radius 3 is 2.65 bits per heavy atom. The number of hydrogen-bond acceptors (Lipinski definition) is 3. The van der Waals surface area contributed by atoms with Crippen molar-refractivity contribution in [2.75, 3.05) is 13.7 Å². The zero-order valence-electron chi connectivity index (χ0n) is 12.7. The fourth-order valence-corrected chi connectivity index (χ4v) is 2.94. The van der Waals surface area contributed by atoms with Crippen molar-refractivity contribution in [3.63, 3.8) is 0 Å². The summed E-state index contributed by atoms with van der Waals surface area (Å²) in [5, 5.41) is 12.7. The van der Waals surface area contributed by atoms with E-state index in [9.17, 15) is 5.11 Å². The number of hydrogen-bond donors (Lipinski definition) is 2.